The summed E-state index contributed by atoms with van der Waals surface area (Å²) >= 11 is 0. The average molecular weight is 209 g/mol. The molecule has 1 aromatic heterocycles. The first-order chi connectivity index (χ1) is 7.27. The molecule has 1 aromatic rings. The molecule has 82 valence electrons. The van der Waals surface area contributed by atoms with Crippen LogP contribution in [0, 0.1) is 0 Å². The van der Waals surface area contributed by atoms with E-state index in [1.807, 2.05) is 0 Å². The van der Waals surface area contributed by atoms with Gasteiger partial charge in [0.25, 0.3) is 5.91 Å². The molecule has 2 atom stereocenters. The molecule has 15 heavy (non-hydrogen) atoms. The molecule has 1 saturated carbocycles. The number of carbonyl (C=O) groups is 1. The van der Waals surface area contributed by atoms with Gasteiger partial charge in [0, 0.05) is 0 Å². The predicted molar refractivity (Wildman–Crippen MR) is 54.4 cm³/mol. The van der Waals surface area contributed by atoms with E-state index in [0.717, 1.165) is 25.7 Å². The van der Waals surface area contributed by atoms with Gasteiger partial charge < -0.3 is 14.8 Å². The van der Waals surface area contributed by atoms with Crippen LogP contribution in [0.4, 0.5) is 0 Å². The topological polar surface area (TPSA) is 62.5 Å². The van der Waals surface area contributed by atoms with Gasteiger partial charge >= 0.3 is 0 Å². The molecule has 0 bridgehead atoms. The molecule has 0 aliphatic heterocycles. The standard InChI is InChI=1S/C11H15NO3/c13-10-4-2-1-3-9(10)12-11(14)8-5-6-15-7-8/h5-7,9-10,13H,1-4H2,(H,12,14). The van der Waals surface area contributed by atoms with Crippen molar-refractivity contribution in [3.05, 3.63) is 24.2 Å². The molecular formula is C11H15NO3. The van der Waals surface area contributed by atoms with Gasteiger partial charge in [0.15, 0.2) is 0 Å². The van der Waals surface area contributed by atoms with Gasteiger partial charge in [0.2, 0.25) is 0 Å². The summed E-state index contributed by atoms with van der Waals surface area (Å²) in [5.74, 6) is -0.172. The number of hydrogen-bond donors (Lipinski definition) is 2. The van der Waals surface area contributed by atoms with Crippen LogP contribution in [0.1, 0.15) is 36.0 Å². The lowest BCUT2D eigenvalue weighted by atomic mass is 9.92. The lowest BCUT2D eigenvalue weighted by Crippen LogP contribution is -2.44. The molecule has 0 saturated heterocycles. The van der Waals surface area contributed by atoms with Gasteiger partial charge in [0.05, 0.1) is 24.0 Å². The Bertz CT molecular complexity index is 321. The number of aliphatic hydroxyl groups is 1. The van der Waals surface area contributed by atoms with E-state index in [1.54, 1.807) is 6.07 Å². The Morgan fingerprint density at radius 3 is 2.93 bits per heavy atom. The van der Waals surface area contributed by atoms with Crippen molar-refractivity contribution in [1.82, 2.24) is 5.32 Å². The fraction of sp³-hybridized carbons (Fsp3) is 0.545. The number of amides is 1. The van der Waals surface area contributed by atoms with Crippen LogP contribution in [0.5, 0.6) is 0 Å². The number of furan rings is 1. The van der Waals surface area contributed by atoms with E-state index in [-0.39, 0.29) is 11.9 Å². The van der Waals surface area contributed by atoms with Gasteiger partial charge in [0.1, 0.15) is 6.26 Å². The molecule has 0 aromatic carbocycles. The van der Waals surface area contributed by atoms with Crippen molar-refractivity contribution in [2.45, 2.75) is 37.8 Å². The zero-order chi connectivity index (χ0) is 10.7. The van der Waals surface area contributed by atoms with E-state index in [9.17, 15) is 9.90 Å². The Labute approximate surface area is 88.3 Å². The average Bonchev–Trinajstić information content (AvgIpc) is 2.74. The van der Waals surface area contributed by atoms with Crippen LogP contribution in [0.15, 0.2) is 23.0 Å². The zero-order valence-corrected chi connectivity index (χ0v) is 8.48. The highest BCUT2D eigenvalue weighted by atomic mass is 16.3. The second-order valence-electron chi connectivity index (χ2n) is 3.94. The van der Waals surface area contributed by atoms with Crippen molar-refractivity contribution < 1.29 is 14.3 Å². The van der Waals surface area contributed by atoms with E-state index in [4.69, 9.17) is 4.42 Å². The number of hydrogen-bond acceptors (Lipinski definition) is 3. The van der Waals surface area contributed by atoms with E-state index in [0.29, 0.717) is 5.56 Å². The predicted octanol–water partition coefficient (Wildman–Crippen LogP) is 1.31. The molecule has 2 N–H and O–H groups in total. The summed E-state index contributed by atoms with van der Waals surface area (Å²) in [5, 5.41) is 12.5. The van der Waals surface area contributed by atoms with Crippen LogP contribution < -0.4 is 5.32 Å². The van der Waals surface area contributed by atoms with Crippen molar-refractivity contribution in [3.8, 4) is 0 Å². The number of carbonyl (C=O) groups excluding carboxylic acids is 1. The smallest absolute Gasteiger partial charge is 0.254 e. The molecule has 1 aliphatic carbocycles. The maximum absolute atomic E-state index is 11.6. The first kappa shape index (κ1) is 10.2. The first-order valence-electron chi connectivity index (χ1n) is 5.28. The highest BCUT2D eigenvalue weighted by Crippen LogP contribution is 2.18. The van der Waals surface area contributed by atoms with Gasteiger partial charge in [-0.1, -0.05) is 12.8 Å². The molecule has 1 amide bonds. The van der Waals surface area contributed by atoms with Crippen LogP contribution in [0.25, 0.3) is 0 Å². The zero-order valence-electron chi connectivity index (χ0n) is 8.48. The van der Waals surface area contributed by atoms with Crippen LogP contribution in [-0.2, 0) is 0 Å². The fourth-order valence-electron chi connectivity index (χ4n) is 1.93. The number of rotatable bonds is 2. The minimum absolute atomic E-state index is 0.110. The van der Waals surface area contributed by atoms with Crippen LogP contribution in [0.3, 0.4) is 0 Å². The normalized spacial score (nSPS) is 26.2. The molecule has 0 spiro atoms. The molecule has 1 fully saturated rings. The highest BCUT2D eigenvalue weighted by molar-refractivity contribution is 5.93. The molecule has 1 heterocycles. The fourth-order valence-corrected chi connectivity index (χ4v) is 1.93. The third kappa shape index (κ3) is 2.39. The SMILES string of the molecule is O=C(NC1CCCCC1O)c1ccoc1. The van der Waals surface area contributed by atoms with E-state index < -0.39 is 6.10 Å². The van der Waals surface area contributed by atoms with Gasteiger partial charge in [-0.3, -0.25) is 4.79 Å². The van der Waals surface area contributed by atoms with Crippen molar-refractivity contribution in [1.29, 1.82) is 0 Å². The monoisotopic (exact) mass is 209 g/mol. The lowest BCUT2D eigenvalue weighted by Gasteiger charge is -2.28. The second kappa shape index (κ2) is 4.49. The Morgan fingerprint density at radius 2 is 2.27 bits per heavy atom. The Morgan fingerprint density at radius 1 is 1.47 bits per heavy atom. The highest BCUT2D eigenvalue weighted by Gasteiger charge is 2.24. The summed E-state index contributed by atoms with van der Waals surface area (Å²) in [4.78, 5) is 11.6. The third-order valence-corrected chi connectivity index (χ3v) is 2.83. The van der Waals surface area contributed by atoms with Gasteiger partial charge in [-0.2, -0.15) is 0 Å². The summed E-state index contributed by atoms with van der Waals surface area (Å²) in [6.45, 7) is 0. The molecule has 4 nitrogen and oxygen atoms in total. The summed E-state index contributed by atoms with van der Waals surface area (Å²) in [5.41, 5.74) is 0.507. The second-order valence-corrected chi connectivity index (χ2v) is 3.94. The molecule has 2 rings (SSSR count). The van der Waals surface area contributed by atoms with Gasteiger partial charge in [-0.05, 0) is 18.9 Å². The van der Waals surface area contributed by atoms with Crippen molar-refractivity contribution >= 4 is 5.91 Å². The van der Waals surface area contributed by atoms with Crippen LogP contribution in [-0.4, -0.2) is 23.2 Å². The van der Waals surface area contributed by atoms with E-state index in [1.165, 1.54) is 12.5 Å². The molecule has 1 aliphatic rings. The molecular weight excluding hydrogens is 194 g/mol. The summed E-state index contributed by atoms with van der Waals surface area (Å²) in [6, 6.07) is 1.51. The Hall–Kier alpha value is -1.29. The quantitative estimate of drug-likeness (QED) is 0.772. The molecule has 0 radical (unpaired) electrons. The third-order valence-electron chi connectivity index (χ3n) is 2.83. The number of nitrogens with one attached hydrogen (secondary N) is 1. The first-order valence-corrected chi connectivity index (χ1v) is 5.28. The molecule has 2 unspecified atom stereocenters. The number of aliphatic hydroxyl groups excluding tert-OH is 1. The minimum atomic E-state index is -0.408. The van der Waals surface area contributed by atoms with Gasteiger partial charge in [-0.15, -0.1) is 0 Å². The van der Waals surface area contributed by atoms with Crippen LogP contribution in [0.2, 0.25) is 0 Å². The summed E-state index contributed by atoms with van der Waals surface area (Å²) in [7, 11) is 0. The Balaban J connectivity index is 1.93. The largest absolute Gasteiger partial charge is 0.472 e. The summed E-state index contributed by atoms with van der Waals surface area (Å²) in [6.07, 6.45) is 6.19. The maximum Gasteiger partial charge on any atom is 0.254 e. The minimum Gasteiger partial charge on any atom is -0.472 e. The lowest BCUT2D eigenvalue weighted by molar-refractivity contribution is 0.0717. The van der Waals surface area contributed by atoms with E-state index >= 15 is 0 Å². The summed E-state index contributed by atoms with van der Waals surface area (Å²) < 4.78 is 4.83. The molecule has 4 heteroatoms. The van der Waals surface area contributed by atoms with E-state index in [2.05, 4.69) is 5.32 Å². The Kier molecular flexibility index (Phi) is 3.06. The van der Waals surface area contributed by atoms with Crippen LogP contribution >= 0.6 is 0 Å². The van der Waals surface area contributed by atoms with Crippen molar-refractivity contribution in [2.24, 2.45) is 0 Å². The van der Waals surface area contributed by atoms with Crippen molar-refractivity contribution in [3.63, 3.8) is 0 Å². The maximum atomic E-state index is 11.6. The van der Waals surface area contributed by atoms with Gasteiger partial charge in [-0.25, -0.2) is 0 Å². The van der Waals surface area contributed by atoms with Crippen molar-refractivity contribution in [2.75, 3.05) is 0 Å².